The van der Waals surface area contributed by atoms with Gasteiger partial charge in [0.1, 0.15) is 0 Å². The van der Waals surface area contributed by atoms with E-state index in [1.54, 1.807) is 0 Å². The number of hydrogen-bond acceptors (Lipinski definition) is 0. The van der Waals surface area contributed by atoms with Crippen molar-refractivity contribution in [3.63, 3.8) is 0 Å². The van der Waals surface area contributed by atoms with E-state index in [0.717, 1.165) is 0 Å². The molecule has 0 nitrogen and oxygen atoms in total. The number of allylic oxidation sites excluding steroid dienone is 2. The third-order valence-corrected chi connectivity index (χ3v) is 61.8. The fourth-order valence-electron chi connectivity index (χ4n) is 7.75. The van der Waals surface area contributed by atoms with E-state index in [-0.39, 0.29) is 12.7 Å². The van der Waals surface area contributed by atoms with E-state index in [2.05, 4.69) is 151 Å². The van der Waals surface area contributed by atoms with Gasteiger partial charge in [0.2, 0.25) is 0 Å². The Labute approximate surface area is 261 Å². The fraction of sp³-hybridized carbons (Fsp3) is 0.263. The molecule has 4 aromatic rings. The fourth-order valence-corrected chi connectivity index (χ4v) is 40.0. The van der Waals surface area contributed by atoms with Crippen LogP contribution in [0.4, 0.5) is 0 Å². The zero-order valence-corrected chi connectivity index (χ0v) is 30.9. The van der Waals surface area contributed by atoms with Crippen LogP contribution >= 0.6 is 17.0 Å². The average Bonchev–Trinajstić information content (AvgIpc) is 3.54. The van der Waals surface area contributed by atoms with Crippen molar-refractivity contribution in [1.82, 2.24) is 0 Å². The first-order valence-corrected chi connectivity index (χ1v) is 31.5. The van der Waals surface area contributed by atoms with Crippen LogP contribution in [0.15, 0.2) is 102 Å². The maximum atomic E-state index is 8.62. The van der Waals surface area contributed by atoms with Gasteiger partial charge in [0.25, 0.3) is 0 Å². The first kappa shape index (κ1) is 30.1. The molecule has 2 aliphatic carbocycles. The molecule has 2 atom stereocenters. The summed E-state index contributed by atoms with van der Waals surface area (Å²) in [6.45, 7) is 16.5. The maximum absolute atomic E-state index is 8.62. The summed E-state index contributed by atoms with van der Waals surface area (Å²) in [5, 5.41) is 0. The van der Waals surface area contributed by atoms with Crippen LogP contribution in [0.25, 0.3) is 34.4 Å². The monoisotopic (exact) mass is 685 g/mol. The number of benzene rings is 4. The summed E-state index contributed by atoms with van der Waals surface area (Å²) in [4.78, 5) is 0. The molecule has 0 radical (unpaired) electrons. The molecule has 4 heteroatoms. The van der Waals surface area contributed by atoms with Crippen molar-refractivity contribution in [2.45, 2.75) is 55.0 Å². The van der Waals surface area contributed by atoms with Gasteiger partial charge in [-0.15, -0.1) is 0 Å². The minimum absolute atomic E-state index is 0.0687. The molecule has 0 aliphatic heterocycles. The molecule has 0 heterocycles. The van der Waals surface area contributed by atoms with Gasteiger partial charge in [0, 0.05) is 0 Å². The van der Waals surface area contributed by atoms with E-state index >= 15 is 0 Å². The molecule has 2 aliphatic rings. The molecule has 42 heavy (non-hydrogen) atoms. The van der Waals surface area contributed by atoms with E-state index in [9.17, 15) is 0 Å². The van der Waals surface area contributed by atoms with Gasteiger partial charge in [-0.1, -0.05) is 0 Å². The Balaban J connectivity index is 1.64. The predicted molar refractivity (Wildman–Crippen MR) is 186 cm³/mol. The Morgan fingerprint density at radius 1 is 0.643 bits per heavy atom. The molecule has 0 bridgehead atoms. The Bertz CT molecular complexity index is 1740. The molecule has 0 saturated heterocycles. The van der Waals surface area contributed by atoms with Gasteiger partial charge < -0.3 is 0 Å². The van der Waals surface area contributed by atoms with Crippen LogP contribution in [0, 0.1) is 12.3 Å². The number of aryl methyl sites for hydroxylation is 1. The Morgan fingerprint density at radius 2 is 1.21 bits per heavy atom. The van der Waals surface area contributed by atoms with Crippen molar-refractivity contribution >= 4 is 35.1 Å². The van der Waals surface area contributed by atoms with E-state index in [4.69, 9.17) is 17.0 Å². The molecule has 0 N–H and O–H groups in total. The summed E-state index contributed by atoms with van der Waals surface area (Å²) < 4.78 is 0.154. The molecule has 0 fully saturated rings. The quantitative estimate of drug-likeness (QED) is 0.183. The van der Waals surface area contributed by atoms with Gasteiger partial charge >= 0.3 is 263 Å². The Kier molecular flexibility index (Phi) is 7.58. The number of halogens is 2. The van der Waals surface area contributed by atoms with Gasteiger partial charge in [0.05, 0.1) is 0 Å². The summed E-state index contributed by atoms with van der Waals surface area (Å²) in [6, 6.07) is 32.9. The van der Waals surface area contributed by atoms with E-state index in [0.29, 0.717) is 0 Å². The van der Waals surface area contributed by atoms with Crippen LogP contribution < -0.4 is 0 Å². The van der Waals surface area contributed by atoms with Crippen molar-refractivity contribution in [3.8, 4) is 22.3 Å². The van der Waals surface area contributed by atoms with Crippen molar-refractivity contribution in [2.24, 2.45) is 5.41 Å². The molecule has 0 spiro atoms. The standard InChI is InChI=1S/C19H19.C17H15.C2H7Si.2ClH.Zr/c1-19(2,3)16-12-15-10-7-11-17(18(15)13-16)14-8-5-4-6-9-14;1-12-10-16-13(2)8-9-15(17(16)11-12)14-6-4-3-5-7-14;1-3-2;;;/h4-13H,1-3H3;3-11H,1-2H3;3H,1-2H3;2*1H;/q;;;;;+2/p-2. The predicted octanol–water partition coefficient (Wildman–Crippen LogP) is 12.0. The van der Waals surface area contributed by atoms with Crippen LogP contribution in [-0.2, 0) is 15.6 Å². The molecule has 2 unspecified atom stereocenters. The molecule has 4 aromatic carbocycles. The summed E-state index contributed by atoms with van der Waals surface area (Å²) in [5.41, 5.74) is 14.4. The number of hydrogen-bond donors (Lipinski definition) is 0. The molecule has 0 amide bonds. The van der Waals surface area contributed by atoms with Crippen LogP contribution in [0.1, 0.15) is 62.8 Å². The van der Waals surface area contributed by atoms with Crippen molar-refractivity contribution in [3.05, 3.63) is 130 Å². The Hall–Kier alpha value is -1.96. The van der Waals surface area contributed by atoms with Crippen molar-refractivity contribution in [2.75, 3.05) is 0 Å². The van der Waals surface area contributed by atoms with Gasteiger partial charge in [-0.05, 0) is 0 Å². The summed E-state index contributed by atoms with van der Waals surface area (Å²) in [7, 11) is 17.2. The molecule has 6 rings (SSSR count). The molecule has 0 aromatic heterocycles. The van der Waals surface area contributed by atoms with E-state index < -0.39 is 21.5 Å². The zero-order valence-electron chi connectivity index (χ0n) is 25.8. The van der Waals surface area contributed by atoms with Crippen LogP contribution in [-0.4, -0.2) is 5.92 Å². The molecular formula is C38H41Cl2SiZr. The number of rotatable bonds is 5. The first-order valence-electron chi connectivity index (χ1n) is 15.2. The summed E-state index contributed by atoms with van der Waals surface area (Å²) in [6.07, 6.45) is 4.89. The molecular weight excluding hydrogens is 647 g/mol. The van der Waals surface area contributed by atoms with Gasteiger partial charge in [-0.2, -0.15) is 0 Å². The van der Waals surface area contributed by atoms with Gasteiger partial charge in [-0.25, -0.2) is 0 Å². The van der Waals surface area contributed by atoms with Crippen LogP contribution in [0.3, 0.4) is 0 Å². The third-order valence-electron chi connectivity index (χ3n) is 9.92. The third kappa shape index (κ3) is 4.56. The SMILES string of the molecule is CC1=Cc2c(-c3ccccc3)ccc(C)c2[CH]1[Zr]([Cl])([Cl])([CH]1C(C(C)(C)C)=Cc2c(-c3ccccc3)cccc21)[SiH](C)C. The van der Waals surface area contributed by atoms with E-state index in [1.807, 2.05) is 0 Å². The van der Waals surface area contributed by atoms with E-state index in [1.165, 1.54) is 61.2 Å². The second kappa shape index (κ2) is 10.6. The molecule has 0 saturated carbocycles. The number of fused-ring (bicyclic) bond motifs is 2. The minimum atomic E-state index is -4.83. The Morgan fingerprint density at radius 3 is 1.76 bits per heavy atom. The summed E-state index contributed by atoms with van der Waals surface area (Å²) >= 11 is -4.83. The average molecular weight is 688 g/mol. The second-order valence-corrected chi connectivity index (χ2v) is 56.3. The van der Waals surface area contributed by atoms with Crippen molar-refractivity contribution in [1.29, 1.82) is 0 Å². The van der Waals surface area contributed by atoms with Crippen LogP contribution in [0.2, 0.25) is 13.1 Å². The second-order valence-electron chi connectivity index (χ2n) is 13.8. The van der Waals surface area contributed by atoms with Crippen molar-refractivity contribution < 1.29 is 15.6 Å². The normalized spacial score (nSPS) is 19.1. The van der Waals surface area contributed by atoms with Gasteiger partial charge in [0.15, 0.2) is 0 Å². The van der Waals surface area contributed by atoms with Gasteiger partial charge in [-0.3, -0.25) is 0 Å². The zero-order chi connectivity index (χ0) is 30.1. The topological polar surface area (TPSA) is 0 Å². The van der Waals surface area contributed by atoms with Crippen LogP contribution in [0.5, 0.6) is 0 Å². The molecule has 215 valence electrons. The summed E-state index contributed by atoms with van der Waals surface area (Å²) in [5.74, 6) is -1.63. The first-order chi connectivity index (χ1) is 19.8.